The number of hydrogen-bond acceptors (Lipinski definition) is 4. The Balaban J connectivity index is 3.04. The van der Waals surface area contributed by atoms with Crippen molar-refractivity contribution in [2.45, 2.75) is 19.9 Å². The summed E-state index contributed by atoms with van der Waals surface area (Å²) < 4.78 is 1.16. The predicted molar refractivity (Wildman–Crippen MR) is 65.6 cm³/mol. The summed E-state index contributed by atoms with van der Waals surface area (Å²) in [4.78, 5) is 38.3. The van der Waals surface area contributed by atoms with Crippen LogP contribution in [0.15, 0.2) is 10.9 Å². The topological polar surface area (TPSA) is 93.1 Å². The van der Waals surface area contributed by atoms with Crippen LogP contribution in [0.2, 0.25) is 5.15 Å². The Morgan fingerprint density at radius 1 is 1.50 bits per heavy atom. The van der Waals surface area contributed by atoms with Gasteiger partial charge in [0.25, 0.3) is 11.5 Å². The number of halogens is 1. The second-order valence-corrected chi connectivity index (χ2v) is 3.97. The van der Waals surface area contributed by atoms with Crippen LogP contribution in [0, 0.1) is 6.92 Å². The molecule has 1 heterocycles. The van der Waals surface area contributed by atoms with E-state index in [2.05, 4.69) is 15.6 Å². The summed E-state index contributed by atoms with van der Waals surface area (Å²) in [6, 6.07) is -0.392. The van der Waals surface area contributed by atoms with Crippen molar-refractivity contribution < 1.29 is 9.59 Å². The van der Waals surface area contributed by atoms with Crippen molar-refractivity contribution in [1.29, 1.82) is 0 Å². The Morgan fingerprint density at radius 2 is 2.11 bits per heavy atom. The number of amides is 3. The number of rotatable bonds is 2. The third-order valence-corrected chi connectivity index (χ3v) is 2.52. The fraction of sp³-hybridized carbons (Fsp3) is 0.400. The van der Waals surface area contributed by atoms with Crippen LogP contribution >= 0.6 is 11.6 Å². The normalized spacial score (nSPS) is 11.8. The molecule has 2 N–H and O–H groups in total. The second kappa shape index (κ2) is 5.63. The third kappa shape index (κ3) is 3.07. The maximum Gasteiger partial charge on any atom is 0.321 e. The van der Waals surface area contributed by atoms with Gasteiger partial charge in [-0.15, -0.1) is 0 Å². The quantitative estimate of drug-likeness (QED) is 0.753. The molecule has 0 aliphatic heterocycles. The first-order valence-electron chi connectivity index (χ1n) is 5.15. The average molecular weight is 273 g/mol. The fourth-order valence-corrected chi connectivity index (χ4v) is 1.65. The minimum atomic E-state index is -0.862. The van der Waals surface area contributed by atoms with Crippen molar-refractivity contribution in [3.63, 3.8) is 0 Å². The van der Waals surface area contributed by atoms with Crippen molar-refractivity contribution in [2.24, 2.45) is 0 Å². The number of hydrogen-bond donors (Lipinski definition) is 2. The molecule has 0 aliphatic rings. The van der Waals surface area contributed by atoms with E-state index in [0.29, 0.717) is 5.82 Å². The summed E-state index contributed by atoms with van der Waals surface area (Å²) in [5, 5.41) is 4.40. The molecule has 0 radical (unpaired) electrons. The van der Waals surface area contributed by atoms with Gasteiger partial charge < -0.3 is 5.32 Å². The molecule has 0 fully saturated rings. The molecule has 0 saturated carbocycles. The van der Waals surface area contributed by atoms with Gasteiger partial charge in [0.05, 0.1) is 0 Å². The highest BCUT2D eigenvalue weighted by Gasteiger charge is 2.20. The number of urea groups is 1. The van der Waals surface area contributed by atoms with Crippen LogP contribution in [0.3, 0.4) is 0 Å². The maximum absolute atomic E-state index is 11.7. The monoisotopic (exact) mass is 272 g/mol. The van der Waals surface area contributed by atoms with Gasteiger partial charge in [-0.25, -0.2) is 9.78 Å². The molecule has 18 heavy (non-hydrogen) atoms. The summed E-state index contributed by atoms with van der Waals surface area (Å²) in [5.74, 6) is -0.310. The van der Waals surface area contributed by atoms with E-state index in [0.717, 1.165) is 10.6 Å². The van der Waals surface area contributed by atoms with E-state index in [1.165, 1.54) is 14.0 Å². The van der Waals surface area contributed by atoms with E-state index in [4.69, 9.17) is 11.6 Å². The van der Waals surface area contributed by atoms with Crippen molar-refractivity contribution in [3.8, 4) is 0 Å². The van der Waals surface area contributed by atoms with Crippen molar-refractivity contribution in [3.05, 3.63) is 27.4 Å². The zero-order chi connectivity index (χ0) is 13.9. The number of imide groups is 1. The first-order valence-corrected chi connectivity index (χ1v) is 5.53. The van der Waals surface area contributed by atoms with Crippen molar-refractivity contribution >= 4 is 23.5 Å². The Labute approximate surface area is 108 Å². The highest BCUT2D eigenvalue weighted by atomic mass is 35.5. The van der Waals surface area contributed by atoms with Crippen LogP contribution in [0.1, 0.15) is 18.8 Å². The van der Waals surface area contributed by atoms with Crippen LogP contribution in [-0.4, -0.2) is 28.5 Å². The highest BCUT2D eigenvalue weighted by molar-refractivity contribution is 6.29. The number of aromatic nitrogens is 2. The lowest BCUT2D eigenvalue weighted by molar-refractivity contribution is -0.122. The molecule has 0 saturated heterocycles. The van der Waals surface area contributed by atoms with Gasteiger partial charge in [-0.1, -0.05) is 11.6 Å². The van der Waals surface area contributed by atoms with E-state index in [-0.39, 0.29) is 5.15 Å². The second-order valence-electron chi connectivity index (χ2n) is 3.58. The van der Waals surface area contributed by atoms with Crippen LogP contribution in [0.5, 0.6) is 0 Å². The van der Waals surface area contributed by atoms with Crippen LogP contribution in [0.25, 0.3) is 0 Å². The summed E-state index contributed by atoms with van der Waals surface area (Å²) in [6.45, 7) is 3.04. The highest BCUT2D eigenvalue weighted by Crippen LogP contribution is 2.08. The van der Waals surface area contributed by atoms with Crippen LogP contribution in [-0.2, 0) is 4.79 Å². The Morgan fingerprint density at radius 3 is 2.61 bits per heavy atom. The molecule has 8 heteroatoms. The predicted octanol–water partition coefficient (Wildman–Crippen LogP) is 0.222. The minimum absolute atomic E-state index is 0.0626. The molecular weight excluding hydrogens is 260 g/mol. The number of carbonyl (C=O) groups is 2. The molecule has 98 valence electrons. The molecule has 0 aliphatic carbocycles. The van der Waals surface area contributed by atoms with Crippen LogP contribution in [0.4, 0.5) is 4.79 Å². The number of nitrogens with one attached hydrogen (secondary N) is 2. The summed E-state index contributed by atoms with van der Waals surface area (Å²) in [7, 11) is 1.38. The van der Waals surface area contributed by atoms with E-state index in [1.807, 2.05) is 0 Å². The Kier molecular flexibility index (Phi) is 4.43. The van der Waals surface area contributed by atoms with Gasteiger partial charge in [-0.2, -0.15) is 0 Å². The molecule has 0 bridgehead atoms. The van der Waals surface area contributed by atoms with Gasteiger partial charge in [0.2, 0.25) is 0 Å². The number of aryl methyl sites for hydroxylation is 1. The lowest BCUT2D eigenvalue weighted by Crippen LogP contribution is -2.43. The van der Waals surface area contributed by atoms with Gasteiger partial charge in [0.15, 0.2) is 0 Å². The zero-order valence-electron chi connectivity index (χ0n) is 10.2. The first kappa shape index (κ1) is 14.2. The van der Waals surface area contributed by atoms with Crippen LogP contribution < -0.4 is 16.2 Å². The zero-order valence-corrected chi connectivity index (χ0v) is 10.9. The van der Waals surface area contributed by atoms with Gasteiger partial charge in [0.1, 0.15) is 17.0 Å². The molecule has 1 aromatic heterocycles. The minimum Gasteiger partial charge on any atom is -0.341 e. The average Bonchev–Trinajstić information content (AvgIpc) is 2.27. The number of carbonyl (C=O) groups excluding carboxylic acids is 2. The molecule has 0 spiro atoms. The maximum atomic E-state index is 11.7. The number of nitrogens with zero attached hydrogens (tertiary/aromatic N) is 2. The first-order chi connectivity index (χ1) is 8.36. The summed E-state index contributed by atoms with van der Waals surface area (Å²) in [6.07, 6.45) is 0. The lowest BCUT2D eigenvalue weighted by atomic mass is 10.3. The van der Waals surface area contributed by atoms with Gasteiger partial charge in [0, 0.05) is 13.1 Å². The van der Waals surface area contributed by atoms with E-state index < -0.39 is 23.5 Å². The van der Waals surface area contributed by atoms with Gasteiger partial charge >= 0.3 is 6.03 Å². The molecule has 1 aromatic rings. The summed E-state index contributed by atoms with van der Waals surface area (Å²) >= 11 is 5.62. The molecule has 1 unspecified atom stereocenters. The van der Waals surface area contributed by atoms with Gasteiger partial charge in [-0.05, 0) is 13.8 Å². The summed E-state index contributed by atoms with van der Waals surface area (Å²) in [5.41, 5.74) is -0.452. The SMILES string of the molecule is CNC(=O)NC(=O)C(C)n1c(C)nc(Cl)cc1=O. The molecule has 7 nitrogen and oxygen atoms in total. The van der Waals surface area contributed by atoms with E-state index >= 15 is 0 Å². The van der Waals surface area contributed by atoms with Crippen molar-refractivity contribution in [2.75, 3.05) is 7.05 Å². The smallest absolute Gasteiger partial charge is 0.321 e. The van der Waals surface area contributed by atoms with Crippen molar-refractivity contribution in [1.82, 2.24) is 20.2 Å². The third-order valence-electron chi connectivity index (χ3n) is 2.33. The molecule has 3 amide bonds. The van der Waals surface area contributed by atoms with Gasteiger partial charge in [-0.3, -0.25) is 19.5 Å². The van der Waals surface area contributed by atoms with E-state index in [9.17, 15) is 14.4 Å². The molecular formula is C10H13ClN4O3. The lowest BCUT2D eigenvalue weighted by Gasteiger charge is -2.16. The van der Waals surface area contributed by atoms with E-state index in [1.54, 1.807) is 6.92 Å². The Bertz CT molecular complexity index is 540. The molecule has 1 rings (SSSR count). The Hall–Kier alpha value is -1.89. The molecule has 0 aromatic carbocycles. The molecule has 1 atom stereocenters. The standard InChI is InChI=1S/C10H13ClN4O3/c1-5(9(17)14-10(18)12-3)15-6(2)13-7(11)4-8(15)16/h4-5H,1-3H3,(H2,12,14,17,18). The largest absolute Gasteiger partial charge is 0.341 e. The fourth-order valence-electron chi connectivity index (χ4n) is 1.44.